The average molecular weight is 409 g/mol. The second-order valence-electron chi connectivity index (χ2n) is 5.97. The molecule has 1 aliphatic rings. The van der Waals surface area contributed by atoms with Gasteiger partial charge in [0, 0.05) is 29.2 Å². The van der Waals surface area contributed by atoms with E-state index in [0.717, 1.165) is 5.56 Å². The fourth-order valence-corrected chi connectivity index (χ4v) is 3.31. The molecule has 5 nitrogen and oxygen atoms in total. The fourth-order valence-electron chi connectivity index (χ4n) is 2.89. The summed E-state index contributed by atoms with van der Waals surface area (Å²) in [6.45, 7) is 0.443. The van der Waals surface area contributed by atoms with Gasteiger partial charge in [-0.1, -0.05) is 40.0 Å². The van der Waals surface area contributed by atoms with Crippen molar-refractivity contribution in [3.05, 3.63) is 63.4 Å². The molecule has 1 unspecified atom stereocenters. The molecule has 0 aliphatic carbocycles. The van der Waals surface area contributed by atoms with Crippen molar-refractivity contribution in [1.82, 2.24) is 10.1 Å². The van der Waals surface area contributed by atoms with Gasteiger partial charge >= 0.3 is 0 Å². The van der Waals surface area contributed by atoms with E-state index in [0.29, 0.717) is 45.4 Å². The van der Waals surface area contributed by atoms with Gasteiger partial charge in [0.15, 0.2) is 0 Å². The number of amides is 1. The minimum absolute atomic E-state index is 0.0281. The van der Waals surface area contributed by atoms with Crippen LogP contribution in [0, 0.1) is 0 Å². The minimum atomic E-state index is -0.175. The Morgan fingerprint density at radius 3 is 2.54 bits per heavy atom. The zero-order valence-electron chi connectivity index (χ0n) is 13.3. The highest BCUT2D eigenvalue weighted by Crippen LogP contribution is 2.34. The maximum Gasteiger partial charge on any atom is 0.232 e. The number of hydrogen-bond acceptors (Lipinski definition) is 4. The Bertz CT molecular complexity index is 972. The standard InChI is InChI=1S/C18H12Cl3N3O2/c19-12-3-1-10(2-4-12)17-22-18(26-23-17)11-7-16(25)24(9-11)13-5-6-14(20)15(21)8-13/h1-6,8,11H,7,9H2. The van der Waals surface area contributed by atoms with E-state index in [9.17, 15) is 4.79 Å². The van der Waals surface area contributed by atoms with E-state index in [1.54, 1.807) is 35.2 Å². The van der Waals surface area contributed by atoms with Crippen LogP contribution in [0.15, 0.2) is 47.0 Å². The third kappa shape index (κ3) is 3.30. The second kappa shape index (κ2) is 6.91. The molecule has 132 valence electrons. The number of nitrogens with zero attached hydrogens (tertiary/aromatic N) is 3. The van der Waals surface area contributed by atoms with Crippen molar-refractivity contribution < 1.29 is 9.32 Å². The highest BCUT2D eigenvalue weighted by Gasteiger charge is 2.35. The molecule has 2 aromatic carbocycles. The first kappa shape index (κ1) is 17.3. The van der Waals surface area contributed by atoms with Crippen LogP contribution in [0.5, 0.6) is 0 Å². The summed E-state index contributed by atoms with van der Waals surface area (Å²) in [5, 5.41) is 5.50. The van der Waals surface area contributed by atoms with Gasteiger partial charge in [0.1, 0.15) is 0 Å². The lowest BCUT2D eigenvalue weighted by Gasteiger charge is -2.16. The Kier molecular flexibility index (Phi) is 4.61. The Balaban J connectivity index is 1.55. The normalized spacial score (nSPS) is 17.1. The van der Waals surface area contributed by atoms with Crippen molar-refractivity contribution in [2.75, 3.05) is 11.4 Å². The number of aromatic nitrogens is 2. The van der Waals surface area contributed by atoms with E-state index in [1.807, 2.05) is 12.1 Å². The molecule has 1 aromatic heterocycles. The molecule has 1 saturated heterocycles. The molecule has 0 radical (unpaired) electrons. The topological polar surface area (TPSA) is 59.2 Å². The Morgan fingerprint density at radius 1 is 1.04 bits per heavy atom. The van der Waals surface area contributed by atoms with E-state index in [4.69, 9.17) is 39.3 Å². The highest BCUT2D eigenvalue weighted by atomic mass is 35.5. The molecule has 0 bridgehead atoms. The van der Waals surface area contributed by atoms with Crippen molar-refractivity contribution >= 4 is 46.4 Å². The van der Waals surface area contributed by atoms with Gasteiger partial charge in [-0.3, -0.25) is 4.79 Å². The zero-order valence-corrected chi connectivity index (χ0v) is 15.6. The molecular weight excluding hydrogens is 397 g/mol. The number of hydrogen-bond donors (Lipinski definition) is 0. The van der Waals surface area contributed by atoms with Gasteiger partial charge in [-0.05, 0) is 42.5 Å². The molecule has 26 heavy (non-hydrogen) atoms. The molecule has 0 saturated carbocycles. The lowest BCUT2D eigenvalue weighted by atomic mass is 10.1. The van der Waals surface area contributed by atoms with Crippen LogP contribution in [0.1, 0.15) is 18.2 Å². The van der Waals surface area contributed by atoms with Crippen LogP contribution < -0.4 is 4.90 Å². The number of carbonyl (C=O) groups excluding carboxylic acids is 1. The molecule has 1 atom stereocenters. The Hall–Kier alpha value is -2.08. The molecule has 8 heteroatoms. The largest absolute Gasteiger partial charge is 0.339 e. The van der Waals surface area contributed by atoms with Crippen molar-refractivity contribution in [3.8, 4) is 11.4 Å². The van der Waals surface area contributed by atoms with Gasteiger partial charge in [-0.25, -0.2) is 0 Å². The first-order valence-corrected chi connectivity index (χ1v) is 8.99. The zero-order chi connectivity index (χ0) is 18.3. The first-order chi connectivity index (χ1) is 12.5. The second-order valence-corrected chi connectivity index (χ2v) is 7.22. The van der Waals surface area contributed by atoms with Crippen LogP contribution in [-0.4, -0.2) is 22.6 Å². The molecule has 1 fully saturated rings. The molecule has 1 aliphatic heterocycles. The van der Waals surface area contributed by atoms with Crippen LogP contribution in [0.4, 0.5) is 5.69 Å². The SMILES string of the molecule is O=C1CC(c2nc(-c3ccc(Cl)cc3)no2)CN1c1ccc(Cl)c(Cl)c1. The van der Waals surface area contributed by atoms with Gasteiger partial charge in [-0.15, -0.1) is 0 Å². The number of rotatable bonds is 3. The van der Waals surface area contributed by atoms with Crippen LogP contribution in [-0.2, 0) is 4.79 Å². The highest BCUT2D eigenvalue weighted by molar-refractivity contribution is 6.42. The summed E-state index contributed by atoms with van der Waals surface area (Å²) in [5.41, 5.74) is 1.50. The number of anilines is 1. The number of carbonyl (C=O) groups is 1. The third-order valence-electron chi connectivity index (χ3n) is 4.23. The molecule has 0 N–H and O–H groups in total. The smallest absolute Gasteiger partial charge is 0.232 e. The van der Waals surface area contributed by atoms with E-state index >= 15 is 0 Å². The van der Waals surface area contributed by atoms with Crippen molar-refractivity contribution in [3.63, 3.8) is 0 Å². The van der Waals surface area contributed by atoms with E-state index < -0.39 is 0 Å². The van der Waals surface area contributed by atoms with Crippen molar-refractivity contribution in [1.29, 1.82) is 0 Å². The maximum atomic E-state index is 12.4. The minimum Gasteiger partial charge on any atom is -0.339 e. The maximum absolute atomic E-state index is 12.4. The summed E-state index contributed by atoms with van der Waals surface area (Å²) >= 11 is 17.9. The molecule has 0 spiro atoms. The fraction of sp³-hybridized carbons (Fsp3) is 0.167. The first-order valence-electron chi connectivity index (χ1n) is 7.86. The van der Waals surface area contributed by atoms with Crippen LogP contribution >= 0.6 is 34.8 Å². The molecule has 4 rings (SSSR count). The predicted octanol–water partition coefficient (Wildman–Crippen LogP) is 5.22. The summed E-state index contributed by atoms with van der Waals surface area (Å²) in [4.78, 5) is 18.5. The lowest BCUT2D eigenvalue weighted by Crippen LogP contribution is -2.24. The van der Waals surface area contributed by atoms with Gasteiger partial charge in [0.2, 0.25) is 17.6 Å². The molecular formula is C18H12Cl3N3O2. The van der Waals surface area contributed by atoms with Gasteiger partial charge in [-0.2, -0.15) is 4.98 Å². The summed E-state index contributed by atoms with van der Waals surface area (Å²) in [6, 6.07) is 12.3. The lowest BCUT2D eigenvalue weighted by molar-refractivity contribution is -0.117. The Morgan fingerprint density at radius 2 is 1.81 bits per heavy atom. The van der Waals surface area contributed by atoms with E-state index in [1.165, 1.54) is 0 Å². The van der Waals surface area contributed by atoms with Crippen LogP contribution in [0.3, 0.4) is 0 Å². The summed E-state index contributed by atoms with van der Waals surface area (Å²) < 4.78 is 5.39. The van der Waals surface area contributed by atoms with Crippen molar-refractivity contribution in [2.45, 2.75) is 12.3 Å². The monoisotopic (exact) mass is 407 g/mol. The molecule has 2 heterocycles. The predicted molar refractivity (Wildman–Crippen MR) is 101 cm³/mol. The van der Waals surface area contributed by atoms with E-state index in [-0.39, 0.29) is 11.8 Å². The van der Waals surface area contributed by atoms with Gasteiger partial charge < -0.3 is 9.42 Å². The number of halogens is 3. The quantitative estimate of drug-likeness (QED) is 0.596. The van der Waals surface area contributed by atoms with Crippen molar-refractivity contribution in [2.24, 2.45) is 0 Å². The summed E-state index contributed by atoms with van der Waals surface area (Å²) in [6.07, 6.45) is 0.294. The van der Waals surface area contributed by atoms with Gasteiger partial charge in [0.05, 0.1) is 16.0 Å². The Labute approximate surface area is 164 Å². The average Bonchev–Trinajstić information content (AvgIpc) is 3.25. The molecule has 3 aromatic rings. The van der Waals surface area contributed by atoms with E-state index in [2.05, 4.69) is 10.1 Å². The number of benzene rings is 2. The summed E-state index contributed by atoms with van der Waals surface area (Å²) in [5.74, 6) is 0.702. The molecule has 1 amide bonds. The summed E-state index contributed by atoms with van der Waals surface area (Å²) in [7, 11) is 0. The van der Waals surface area contributed by atoms with Gasteiger partial charge in [0.25, 0.3) is 0 Å². The van der Waals surface area contributed by atoms with Crippen LogP contribution in [0.25, 0.3) is 11.4 Å². The van der Waals surface area contributed by atoms with Crippen LogP contribution in [0.2, 0.25) is 15.1 Å². The third-order valence-corrected chi connectivity index (χ3v) is 5.22.